The van der Waals surface area contributed by atoms with E-state index in [1.165, 1.54) is 0 Å². The first-order chi connectivity index (χ1) is 8.00. The van der Waals surface area contributed by atoms with Crippen LogP contribution in [0.1, 0.15) is 28.6 Å². The van der Waals surface area contributed by atoms with Crippen molar-refractivity contribution >= 4 is 11.6 Å². The third-order valence-electron chi connectivity index (χ3n) is 2.78. The number of aryl methyl sites for hydroxylation is 3. The maximum atomic E-state index is 6.21. The van der Waals surface area contributed by atoms with Gasteiger partial charge in [0.2, 0.25) is 0 Å². The summed E-state index contributed by atoms with van der Waals surface area (Å²) >= 11 is 6.08. The van der Waals surface area contributed by atoms with Gasteiger partial charge in [0.1, 0.15) is 0 Å². The summed E-state index contributed by atoms with van der Waals surface area (Å²) in [5.41, 5.74) is 10.0. The standard InChI is InChI=1S/C12H15ClN4/c1-7-4-8(2)11(15-5-7)10(14)12-9(13)6-16-17(12)3/h4-6,10H,14H2,1-3H3. The van der Waals surface area contributed by atoms with Crippen molar-refractivity contribution in [1.29, 1.82) is 0 Å². The van der Waals surface area contributed by atoms with Crippen molar-refractivity contribution in [2.45, 2.75) is 19.9 Å². The molecule has 0 aliphatic heterocycles. The van der Waals surface area contributed by atoms with Gasteiger partial charge in [-0.2, -0.15) is 5.10 Å². The fourth-order valence-electron chi connectivity index (χ4n) is 1.95. The first-order valence-electron chi connectivity index (χ1n) is 5.37. The van der Waals surface area contributed by atoms with Gasteiger partial charge in [-0.15, -0.1) is 0 Å². The summed E-state index contributed by atoms with van der Waals surface area (Å²) in [7, 11) is 1.82. The monoisotopic (exact) mass is 250 g/mol. The average molecular weight is 251 g/mol. The van der Waals surface area contributed by atoms with Gasteiger partial charge in [0.05, 0.1) is 28.6 Å². The summed E-state index contributed by atoms with van der Waals surface area (Å²) in [6.45, 7) is 4.01. The van der Waals surface area contributed by atoms with Crippen LogP contribution in [0.25, 0.3) is 0 Å². The molecule has 0 saturated carbocycles. The van der Waals surface area contributed by atoms with Gasteiger partial charge in [-0.25, -0.2) is 0 Å². The van der Waals surface area contributed by atoms with E-state index >= 15 is 0 Å². The van der Waals surface area contributed by atoms with E-state index in [0.717, 1.165) is 22.5 Å². The van der Waals surface area contributed by atoms with Crippen LogP contribution in [0.15, 0.2) is 18.5 Å². The second kappa shape index (κ2) is 4.47. The molecule has 1 unspecified atom stereocenters. The van der Waals surface area contributed by atoms with E-state index in [1.54, 1.807) is 10.9 Å². The Labute approximate surface area is 105 Å². The zero-order valence-corrected chi connectivity index (χ0v) is 10.9. The second-order valence-corrected chi connectivity index (χ2v) is 4.60. The van der Waals surface area contributed by atoms with E-state index in [9.17, 15) is 0 Å². The minimum Gasteiger partial charge on any atom is -0.318 e. The van der Waals surface area contributed by atoms with Crippen LogP contribution in [0.2, 0.25) is 5.02 Å². The largest absolute Gasteiger partial charge is 0.318 e. The molecule has 0 bridgehead atoms. The van der Waals surface area contributed by atoms with Crippen LogP contribution in [0, 0.1) is 13.8 Å². The minimum atomic E-state index is -0.351. The van der Waals surface area contributed by atoms with Crippen molar-refractivity contribution in [3.05, 3.63) is 46.0 Å². The topological polar surface area (TPSA) is 56.7 Å². The zero-order valence-electron chi connectivity index (χ0n) is 10.1. The van der Waals surface area contributed by atoms with Crippen LogP contribution in [0.4, 0.5) is 0 Å². The third kappa shape index (κ3) is 2.18. The molecule has 2 aromatic heterocycles. The molecular weight excluding hydrogens is 236 g/mol. The summed E-state index contributed by atoms with van der Waals surface area (Å²) < 4.78 is 1.69. The van der Waals surface area contributed by atoms with Gasteiger partial charge in [-0.3, -0.25) is 9.67 Å². The van der Waals surface area contributed by atoms with Crippen LogP contribution in [-0.4, -0.2) is 14.8 Å². The highest BCUT2D eigenvalue weighted by atomic mass is 35.5. The smallest absolute Gasteiger partial charge is 0.0914 e. The Bertz CT molecular complexity index is 528. The number of pyridine rings is 1. The predicted molar refractivity (Wildman–Crippen MR) is 68.0 cm³/mol. The van der Waals surface area contributed by atoms with Crippen molar-refractivity contribution in [2.24, 2.45) is 12.8 Å². The number of halogens is 1. The summed E-state index contributed by atoms with van der Waals surface area (Å²) in [5, 5.41) is 4.66. The molecule has 0 aliphatic carbocycles. The number of hydrogen-bond donors (Lipinski definition) is 1. The third-order valence-corrected chi connectivity index (χ3v) is 3.07. The van der Waals surface area contributed by atoms with Gasteiger partial charge < -0.3 is 5.73 Å². The lowest BCUT2D eigenvalue weighted by Crippen LogP contribution is -2.19. The van der Waals surface area contributed by atoms with Crippen LogP contribution < -0.4 is 5.73 Å². The van der Waals surface area contributed by atoms with Crippen LogP contribution >= 0.6 is 11.6 Å². The second-order valence-electron chi connectivity index (χ2n) is 4.19. The Hall–Kier alpha value is -1.39. The number of nitrogens with two attached hydrogens (primary N) is 1. The molecule has 2 rings (SSSR count). The molecule has 1 atom stereocenters. The van der Waals surface area contributed by atoms with E-state index in [1.807, 2.05) is 27.1 Å². The van der Waals surface area contributed by atoms with Gasteiger partial charge in [0, 0.05) is 13.2 Å². The fraction of sp³-hybridized carbons (Fsp3) is 0.333. The maximum absolute atomic E-state index is 6.21. The highest BCUT2D eigenvalue weighted by Crippen LogP contribution is 2.26. The van der Waals surface area contributed by atoms with Crippen LogP contribution in [0.5, 0.6) is 0 Å². The van der Waals surface area contributed by atoms with Gasteiger partial charge in [0.25, 0.3) is 0 Å². The van der Waals surface area contributed by atoms with Crippen molar-refractivity contribution in [2.75, 3.05) is 0 Å². The average Bonchev–Trinajstić information content (AvgIpc) is 2.58. The molecule has 2 N–H and O–H groups in total. The highest BCUT2D eigenvalue weighted by Gasteiger charge is 2.19. The SMILES string of the molecule is Cc1cnc(C(N)c2c(Cl)cnn2C)c(C)c1. The molecule has 0 amide bonds. The van der Waals surface area contributed by atoms with Gasteiger partial charge in [-0.05, 0) is 25.0 Å². The molecule has 5 heteroatoms. The molecule has 0 aliphatic rings. The molecule has 0 radical (unpaired) electrons. The fourth-order valence-corrected chi connectivity index (χ4v) is 2.23. The molecule has 2 aromatic rings. The number of hydrogen-bond acceptors (Lipinski definition) is 3. The molecule has 0 saturated heterocycles. The van der Waals surface area contributed by atoms with Gasteiger partial charge >= 0.3 is 0 Å². The zero-order chi connectivity index (χ0) is 12.6. The summed E-state index contributed by atoms with van der Waals surface area (Å²) in [5.74, 6) is 0. The Morgan fingerprint density at radius 2 is 2.06 bits per heavy atom. The van der Waals surface area contributed by atoms with E-state index in [2.05, 4.69) is 16.1 Å². The molecule has 90 valence electrons. The Balaban J connectivity index is 2.47. The Morgan fingerprint density at radius 1 is 1.35 bits per heavy atom. The minimum absolute atomic E-state index is 0.351. The molecule has 4 nitrogen and oxygen atoms in total. The maximum Gasteiger partial charge on any atom is 0.0914 e. The summed E-state index contributed by atoms with van der Waals surface area (Å²) in [4.78, 5) is 4.39. The van der Waals surface area contributed by atoms with Crippen molar-refractivity contribution in [3.8, 4) is 0 Å². The van der Waals surface area contributed by atoms with Crippen molar-refractivity contribution < 1.29 is 0 Å². The lowest BCUT2D eigenvalue weighted by Gasteiger charge is -2.15. The first-order valence-corrected chi connectivity index (χ1v) is 5.74. The Morgan fingerprint density at radius 3 is 2.59 bits per heavy atom. The predicted octanol–water partition coefficient (Wildman–Crippen LogP) is 2.13. The van der Waals surface area contributed by atoms with E-state index < -0.39 is 0 Å². The summed E-state index contributed by atoms with van der Waals surface area (Å²) in [6, 6.07) is 1.71. The first kappa shape index (κ1) is 12.1. The van der Waals surface area contributed by atoms with Gasteiger partial charge in [0.15, 0.2) is 0 Å². The molecule has 0 aromatic carbocycles. The molecule has 0 spiro atoms. The molecular formula is C12H15ClN4. The van der Waals surface area contributed by atoms with Crippen molar-refractivity contribution in [1.82, 2.24) is 14.8 Å². The summed E-state index contributed by atoms with van der Waals surface area (Å²) in [6.07, 6.45) is 3.41. The number of nitrogens with zero attached hydrogens (tertiary/aromatic N) is 3. The van der Waals surface area contributed by atoms with E-state index in [0.29, 0.717) is 5.02 Å². The lowest BCUT2D eigenvalue weighted by atomic mass is 10.0. The van der Waals surface area contributed by atoms with Crippen LogP contribution in [0.3, 0.4) is 0 Å². The normalized spacial score (nSPS) is 12.8. The van der Waals surface area contributed by atoms with Gasteiger partial charge in [-0.1, -0.05) is 17.7 Å². The Kier molecular flexibility index (Phi) is 3.17. The van der Waals surface area contributed by atoms with Crippen LogP contribution in [-0.2, 0) is 7.05 Å². The lowest BCUT2D eigenvalue weighted by molar-refractivity contribution is 0.661. The number of aromatic nitrogens is 3. The highest BCUT2D eigenvalue weighted by molar-refractivity contribution is 6.31. The molecule has 0 fully saturated rings. The molecule has 2 heterocycles. The molecule has 17 heavy (non-hydrogen) atoms. The van der Waals surface area contributed by atoms with E-state index in [4.69, 9.17) is 17.3 Å². The van der Waals surface area contributed by atoms with E-state index in [-0.39, 0.29) is 6.04 Å². The number of rotatable bonds is 2. The quantitative estimate of drug-likeness (QED) is 0.888. The van der Waals surface area contributed by atoms with Crippen molar-refractivity contribution in [3.63, 3.8) is 0 Å².